The van der Waals surface area contributed by atoms with Crippen molar-refractivity contribution in [3.63, 3.8) is 0 Å². The van der Waals surface area contributed by atoms with Crippen LogP contribution in [0.1, 0.15) is 0 Å². The fourth-order valence-corrected chi connectivity index (χ4v) is 2.44. The van der Waals surface area contributed by atoms with Gasteiger partial charge in [-0.25, -0.2) is 0 Å². The van der Waals surface area contributed by atoms with E-state index in [0.717, 1.165) is 11.4 Å². The fraction of sp³-hybridized carbons (Fsp3) is 0. The smallest absolute Gasteiger partial charge is 0.258 e. The van der Waals surface area contributed by atoms with Crippen molar-refractivity contribution >= 4 is 12.2 Å². The number of para-hydroxylation sites is 2. The van der Waals surface area contributed by atoms with Crippen LogP contribution < -0.4 is 5.56 Å². The Morgan fingerprint density at radius 1 is 0.750 bits per heavy atom. The molecule has 0 unspecified atom stereocenters. The standard InChI is InChI=1S/C16H12N2OS/c19-15-11-12-17(13-7-3-1-4-8-13)16(20)18(15)14-9-5-2-6-10-14/h1-12H. The number of rotatable bonds is 2. The van der Waals surface area contributed by atoms with E-state index in [-0.39, 0.29) is 5.56 Å². The van der Waals surface area contributed by atoms with E-state index in [9.17, 15) is 4.79 Å². The van der Waals surface area contributed by atoms with Crippen molar-refractivity contribution in [3.8, 4) is 11.4 Å². The first-order valence-electron chi connectivity index (χ1n) is 6.23. The molecule has 1 heterocycles. The molecule has 3 rings (SSSR count). The van der Waals surface area contributed by atoms with Gasteiger partial charge in [-0.15, -0.1) is 0 Å². The van der Waals surface area contributed by atoms with Gasteiger partial charge in [-0.05, 0) is 36.5 Å². The fourth-order valence-electron chi connectivity index (χ4n) is 2.08. The maximum Gasteiger partial charge on any atom is 0.258 e. The molecule has 2 aromatic carbocycles. The number of hydrogen-bond acceptors (Lipinski definition) is 2. The molecule has 0 aliphatic rings. The van der Waals surface area contributed by atoms with E-state index in [1.807, 2.05) is 65.2 Å². The molecule has 4 heteroatoms. The highest BCUT2D eigenvalue weighted by Gasteiger charge is 2.05. The molecule has 0 spiro atoms. The molecule has 0 amide bonds. The molecule has 1 aromatic heterocycles. The maximum absolute atomic E-state index is 12.1. The Morgan fingerprint density at radius 2 is 1.30 bits per heavy atom. The van der Waals surface area contributed by atoms with Crippen molar-refractivity contribution in [3.05, 3.63) is 88.1 Å². The highest BCUT2D eigenvalue weighted by atomic mass is 32.1. The Bertz CT molecular complexity index is 836. The lowest BCUT2D eigenvalue weighted by molar-refractivity contribution is 0.839. The quantitative estimate of drug-likeness (QED) is 0.673. The number of aromatic nitrogens is 2. The van der Waals surface area contributed by atoms with E-state index in [1.165, 1.54) is 10.6 Å². The zero-order chi connectivity index (χ0) is 13.9. The average molecular weight is 280 g/mol. The molecule has 0 saturated carbocycles. The molecule has 0 N–H and O–H groups in total. The van der Waals surface area contributed by atoms with Crippen molar-refractivity contribution < 1.29 is 0 Å². The molecular weight excluding hydrogens is 268 g/mol. The molecular formula is C16H12N2OS. The van der Waals surface area contributed by atoms with E-state index in [4.69, 9.17) is 12.2 Å². The van der Waals surface area contributed by atoms with Crippen LogP contribution in [0.3, 0.4) is 0 Å². The Labute approximate surface area is 121 Å². The zero-order valence-corrected chi connectivity index (χ0v) is 11.5. The van der Waals surface area contributed by atoms with E-state index in [1.54, 1.807) is 6.20 Å². The SMILES string of the molecule is O=c1ccn(-c2ccccc2)c(=S)n1-c1ccccc1. The first kappa shape index (κ1) is 12.6. The van der Waals surface area contributed by atoms with Crippen molar-refractivity contribution in [1.82, 2.24) is 9.13 Å². The highest BCUT2D eigenvalue weighted by Crippen LogP contribution is 2.10. The summed E-state index contributed by atoms with van der Waals surface area (Å²) >= 11 is 5.47. The Morgan fingerprint density at radius 3 is 1.90 bits per heavy atom. The van der Waals surface area contributed by atoms with Crippen LogP contribution in [0.4, 0.5) is 0 Å². The van der Waals surface area contributed by atoms with Gasteiger partial charge in [-0.2, -0.15) is 0 Å². The Kier molecular flexibility index (Phi) is 3.31. The summed E-state index contributed by atoms with van der Waals surface area (Å²) in [6.07, 6.45) is 1.71. The monoisotopic (exact) mass is 280 g/mol. The van der Waals surface area contributed by atoms with Crippen LogP contribution in [-0.4, -0.2) is 9.13 Å². The van der Waals surface area contributed by atoms with Crippen molar-refractivity contribution in [1.29, 1.82) is 0 Å². The van der Waals surface area contributed by atoms with Gasteiger partial charge in [0.2, 0.25) is 0 Å². The molecule has 98 valence electrons. The predicted molar refractivity (Wildman–Crippen MR) is 82.2 cm³/mol. The molecule has 0 aliphatic heterocycles. The van der Waals surface area contributed by atoms with E-state index < -0.39 is 0 Å². The van der Waals surface area contributed by atoms with Crippen molar-refractivity contribution in [2.75, 3.05) is 0 Å². The number of nitrogens with zero attached hydrogens (tertiary/aromatic N) is 2. The minimum absolute atomic E-state index is 0.131. The van der Waals surface area contributed by atoms with Crippen molar-refractivity contribution in [2.24, 2.45) is 0 Å². The Hall–Kier alpha value is -2.46. The lowest BCUT2D eigenvalue weighted by atomic mass is 10.3. The molecule has 0 atom stereocenters. The summed E-state index contributed by atoms with van der Waals surface area (Å²) in [5, 5.41) is 0. The molecule has 20 heavy (non-hydrogen) atoms. The maximum atomic E-state index is 12.1. The summed E-state index contributed by atoms with van der Waals surface area (Å²) in [5.74, 6) is 0. The topological polar surface area (TPSA) is 26.9 Å². The van der Waals surface area contributed by atoms with Gasteiger partial charge < -0.3 is 0 Å². The largest absolute Gasteiger partial charge is 0.293 e. The van der Waals surface area contributed by atoms with Crippen LogP contribution in [-0.2, 0) is 0 Å². The van der Waals surface area contributed by atoms with Crippen LogP contribution >= 0.6 is 12.2 Å². The van der Waals surface area contributed by atoms with E-state index in [2.05, 4.69) is 0 Å². The molecule has 0 aliphatic carbocycles. The van der Waals surface area contributed by atoms with Crippen LogP contribution in [0, 0.1) is 4.77 Å². The van der Waals surface area contributed by atoms with Gasteiger partial charge in [-0.3, -0.25) is 13.9 Å². The van der Waals surface area contributed by atoms with Crippen LogP contribution in [0.2, 0.25) is 0 Å². The lowest BCUT2D eigenvalue weighted by Gasteiger charge is -2.11. The van der Waals surface area contributed by atoms with Gasteiger partial charge in [0.15, 0.2) is 4.77 Å². The minimum atomic E-state index is -0.131. The summed E-state index contributed by atoms with van der Waals surface area (Å²) in [4.78, 5) is 12.1. The summed E-state index contributed by atoms with van der Waals surface area (Å²) < 4.78 is 3.81. The van der Waals surface area contributed by atoms with Gasteiger partial charge in [0.1, 0.15) is 0 Å². The highest BCUT2D eigenvalue weighted by molar-refractivity contribution is 7.71. The summed E-state index contributed by atoms with van der Waals surface area (Å²) in [6.45, 7) is 0. The van der Waals surface area contributed by atoms with Gasteiger partial charge in [0.25, 0.3) is 5.56 Å². The first-order valence-corrected chi connectivity index (χ1v) is 6.64. The Balaban J connectivity index is 2.28. The summed E-state index contributed by atoms with van der Waals surface area (Å²) in [6, 6.07) is 20.7. The van der Waals surface area contributed by atoms with Crippen LogP contribution in [0.5, 0.6) is 0 Å². The predicted octanol–water partition coefficient (Wildman–Crippen LogP) is 3.36. The summed E-state index contributed by atoms with van der Waals surface area (Å²) in [7, 11) is 0. The normalized spacial score (nSPS) is 10.4. The molecule has 0 saturated heterocycles. The van der Waals surface area contributed by atoms with Crippen LogP contribution in [0.15, 0.2) is 77.7 Å². The molecule has 0 radical (unpaired) electrons. The third-order valence-electron chi connectivity index (χ3n) is 3.03. The number of benzene rings is 2. The molecule has 3 nitrogen and oxygen atoms in total. The minimum Gasteiger partial charge on any atom is -0.293 e. The zero-order valence-electron chi connectivity index (χ0n) is 10.6. The van der Waals surface area contributed by atoms with Gasteiger partial charge in [-0.1, -0.05) is 36.4 Å². The summed E-state index contributed by atoms with van der Waals surface area (Å²) in [5.41, 5.74) is 1.57. The van der Waals surface area contributed by atoms with Gasteiger partial charge in [0.05, 0.1) is 5.69 Å². The molecule has 0 fully saturated rings. The van der Waals surface area contributed by atoms with Crippen LogP contribution in [0.25, 0.3) is 11.4 Å². The number of hydrogen-bond donors (Lipinski definition) is 0. The second-order valence-electron chi connectivity index (χ2n) is 4.31. The molecule has 3 aromatic rings. The lowest BCUT2D eigenvalue weighted by Crippen LogP contribution is -2.21. The average Bonchev–Trinajstić information content (AvgIpc) is 2.49. The second-order valence-corrected chi connectivity index (χ2v) is 4.68. The van der Waals surface area contributed by atoms with Gasteiger partial charge >= 0.3 is 0 Å². The second kappa shape index (κ2) is 5.27. The van der Waals surface area contributed by atoms with E-state index in [0.29, 0.717) is 4.77 Å². The van der Waals surface area contributed by atoms with E-state index >= 15 is 0 Å². The first-order chi connectivity index (χ1) is 9.77. The third-order valence-corrected chi connectivity index (χ3v) is 3.41. The van der Waals surface area contributed by atoms with Crippen molar-refractivity contribution in [2.45, 2.75) is 0 Å². The molecule has 0 bridgehead atoms. The third kappa shape index (κ3) is 2.21. The van der Waals surface area contributed by atoms with Gasteiger partial charge in [0, 0.05) is 18.0 Å².